The van der Waals surface area contributed by atoms with E-state index in [1.165, 1.54) is 22.5 Å². The molecule has 5 nitrogen and oxygen atoms in total. The van der Waals surface area contributed by atoms with Gasteiger partial charge in [0, 0.05) is 18.2 Å². The maximum Gasteiger partial charge on any atom is 0.254 e. The van der Waals surface area contributed by atoms with Crippen molar-refractivity contribution in [2.24, 2.45) is 0 Å². The monoisotopic (exact) mass is 347 g/mol. The van der Waals surface area contributed by atoms with Crippen molar-refractivity contribution >= 4 is 5.91 Å². The van der Waals surface area contributed by atoms with Crippen molar-refractivity contribution in [3.63, 3.8) is 0 Å². The lowest BCUT2D eigenvalue weighted by Crippen LogP contribution is -2.32. The zero-order valence-corrected chi connectivity index (χ0v) is 14.5. The Bertz CT molecular complexity index is 905. The molecular formula is C21H21N3O2. The van der Waals surface area contributed by atoms with Gasteiger partial charge in [-0.1, -0.05) is 60.7 Å². The molecule has 2 aromatic carbocycles. The Labute approximate surface area is 152 Å². The number of nitrogens with zero attached hydrogens (tertiary/aromatic N) is 2. The van der Waals surface area contributed by atoms with Gasteiger partial charge >= 0.3 is 0 Å². The lowest BCUT2D eigenvalue weighted by molar-refractivity contribution is -0.121. The third-order valence-electron chi connectivity index (χ3n) is 4.07. The van der Waals surface area contributed by atoms with Gasteiger partial charge in [-0.2, -0.15) is 0 Å². The molecular weight excluding hydrogens is 326 g/mol. The van der Waals surface area contributed by atoms with E-state index in [0.717, 1.165) is 18.4 Å². The number of carbonyl (C=O) groups excluding carboxylic acids is 1. The molecule has 0 radical (unpaired) electrons. The highest BCUT2D eigenvalue weighted by Crippen LogP contribution is 2.13. The normalized spacial score (nSPS) is 10.5. The number of aryl methyl sites for hydroxylation is 1. The third-order valence-corrected chi connectivity index (χ3v) is 4.07. The molecule has 1 N–H and O–H groups in total. The number of aromatic nitrogens is 2. The minimum absolute atomic E-state index is 0.0216. The van der Waals surface area contributed by atoms with Crippen molar-refractivity contribution < 1.29 is 4.79 Å². The maximum absolute atomic E-state index is 12.2. The van der Waals surface area contributed by atoms with E-state index < -0.39 is 0 Å². The molecule has 0 unspecified atom stereocenters. The van der Waals surface area contributed by atoms with Crippen LogP contribution in [0.5, 0.6) is 0 Å². The first-order valence-electron chi connectivity index (χ1n) is 8.65. The summed E-state index contributed by atoms with van der Waals surface area (Å²) in [7, 11) is 0. The zero-order chi connectivity index (χ0) is 18.2. The summed E-state index contributed by atoms with van der Waals surface area (Å²) in [4.78, 5) is 28.5. The van der Waals surface area contributed by atoms with Gasteiger partial charge in [0.1, 0.15) is 6.54 Å². The highest BCUT2D eigenvalue weighted by atomic mass is 16.2. The van der Waals surface area contributed by atoms with Gasteiger partial charge in [-0.05, 0) is 18.4 Å². The second-order valence-corrected chi connectivity index (χ2v) is 6.05. The SMILES string of the molecule is O=C(Cn1cnc(-c2ccccc2)cc1=O)NCCCc1ccccc1. The number of rotatable bonds is 7. The number of amides is 1. The van der Waals surface area contributed by atoms with Crippen molar-refractivity contribution in [1.29, 1.82) is 0 Å². The Hall–Kier alpha value is -3.21. The molecule has 0 atom stereocenters. The summed E-state index contributed by atoms with van der Waals surface area (Å²) >= 11 is 0. The average molecular weight is 347 g/mol. The number of carbonyl (C=O) groups is 1. The second kappa shape index (κ2) is 8.76. The molecule has 1 amide bonds. The summed E-state index contributed by atoms with van der Waals surface area (Å²) in [6.45, 7) is 0.560. The van der Waals surface area contributed by atoms with Crippen LogP contribution >= 0.6 is 0 Å². The number of hydrogen-bond donors (Lipinski definition) is 1. The van der Waals surface area contributed by atoms with Crippen LogP contribution in [0.2, 0.25) is 0 Å². The molecule has 0 saturated carbocycles. The van der Waals surface area contributed by atoms with Gasteiger partial charge in [-0.25, -0.2) is 4.98 Å². The van der Waals surface area contributed by atoms with E-state index in [9.17, 15) is 9.59 Å². The molecule has 0 aliphatic rings. The van der Waals surface area contributed by atoms with Gasteiger partial charge in [0.2, 0.25) is 5.91 Å². The minimum Gasteiger partial charge on any atom is -0.355 e. The van der Waals surface area contributed by atoms with E-state index in [0.29, 0.717) is 12.2 Å². The first-order valence-corrected chi connectivity index (χ1v) is 8.65. The molecule has 0 fully saturated rings. The summed E-state index contributed by atoms with van der Waals surface area (Å²) < 4.78 is 1.32. The van der Waals surface area contributed by atoms with E-state index in [2.05, 4.69) is 22.4 Å². The van der Waals surface area contributed by atoms with Crippen molar-refractivity contribution in [2.45, 2.75) is 19.4 Å². The Morgan fingerprint density at radius 2 is 1.69 bits per heavy atom. The molecule has 3 aromatic rings. The molecule has 0 bridgehead atoms. The van der Waals surface area contributed by atoms with Crippen LogP contribution in [0.25, 0.3) is 11.3 Å². The molecule has 0 aliphatic carbocycles. The maximum atomic E-state index is 12.2. The predicted octanol–water partition coefficient (Wildman–Crippen LogP) is 2.66. The molecule has 1 heterocycles. The van der Waals surface area contributed by atoms with Crippen LogP contribution in [0.4, 0.5) is 0 Å². The Kier molecular flexibility index (Phi) is 5.93. The molecule has 0 aliphatic heterocycles. The first kappa shape index (κ1) is 17.6. The highest BCUT2D eigenvalue weighted by molar-refractivity contribution is 5.75. The summed E-state index contributed by atoms with van der Waals surface area (Å²) in [5.41, 5.74) is 2.49. The fourth-order valence-corrected chi connectivity index (χ4v) is 2.69. The quantitative estimate of drug-likeness (QED) is 0.668. The molecule has 132 valence electrons. The molecule has 1 aromatic heterocycles. The Morgan fingerprint density at radius 1 is 1.00 bits per heavy atom. The number of nitrogens with one attached hydrogen (secondary N) is 1. The van der Waals surface area contributed by atoms with Crippen LogP contribution in [-0.4, -0.2) is 22.0 Å². The average Bonchev–Trinajstić information content (AvgIpc) is 2.68. The molecule has 3 rings (SSSR count). The minimum atomic E-state index is -0.238. The van der Waals surface area contributed by atoms with E-state index in [1.807, 2.05) is 48.5 Å². The highest BCUT2D eigenvalue weighted by Gasteiger charge is 2.06. The topological polar surface area (TPSA) is 64.0 Å². The molecule has 0 spiro atoms. The smallest absolute Gasteiger partial charge is 0.254 e. The van der Waals surface area contributed by atoms with Crippen LogP contribution in [0.1, 0.15) is 12.0 Å². The van der Waals surface area contributed by atoms with E-state index in [-0.39, 0.29) is 18.0 Å². The lowest BCUT2D eigenvalue weighted by Gasteiger charge is -2.08. The fraction of sp³-hybridized carbons (Fsp3) is 0.190. The van der Waals surface area contributed by atoms with Gasteiger partial charge in [0.15, 0.2) is 0 Å². The van der Waals surface area contributed by atoms with Crippen LogP contribution in [-0.2, 0) is 17.8 Å². The Morgan fingerprint density at radius 3 is 2.38 bits per heavy atom. The van der Waals surface area contributed by atoms with Crippen LogP contribution in [0.3, 0.4) is 0 Å². The van der Waals surface area contributed by atoms with Crippen molar-refractivity contribution in [1.82, 2.24) is 14.9 Å². The summed E-state index contributed by atoms with van der Waals surface area (Å²) in [6, 6.07) is 21.1. The zero-order valence-electron chi connectivity index (χ0n) is 14.5. The second-order valence-electron chi connectivity index (χ2n) is 6.05. The van der Waals surface area contributed by atoms with Crippen LogP contribution < -0.4 is 10.9 Å². The van der Waals surface area contributed by atoms with E-state index >= 15 is 0 Å². The van der Waals surface area contributed by atoms with Crippen LogP contribution in [0.15, 0.2) is 77.9 Å². The molecule has 0 saturated heterocycles. The lowest BCUT2D eigenvalue weighted by atomic mass is 10.1. The van der Waals surface area contributed by atoms with E-state index in [4.69, 9.17) is 0 Å². The van der Waals surface area contributed by atoms with Gasteiger partial charge in [-0.3, -0.25) is 14.2 Å². The van der Waals surface area contributed by atoms with Crippen molar-refractivity contribution in [2.75, 3.05) is 6.54 Å². The number of benzene rings is 2. The summed E-state index contributed by atoms with van der Waals surface area (Å²) in [6.07, 6.45) is 3.19. The predicted molar refractivity (Wildman–Crippen MR) is 102 cm³/mol. The summed E-state index contributed by atoms with van der Waals surface area (Å²) in [5, 5.41) is 2.85. The van der Waals surface area contributed by atoms with Crippen molar-refractivity contribution in [3.05, 3.63) is 89.0 Å². The van der Waals surface area contributed by atoms with Gasteiger partial charge in [0.05, 0.1) is 12.0 Å². The van der Waals surface area contributed by atoms with E-state index in [1.54, 1.807) is 0 Å². The first-order chi connectivity index (χ1) is 12.7. The molecule has 26 heavy (non-hydrogen) atoms. The molecule has 5 heteroatoms. The number of hydrogen-bond acceptors (Lipinski definition) is 3. The van der Waals surface area contributed by atoms with Gasteiger partial charge in [0.25, 0.3) is 5.56 Å². The van der Waals surface area contributed by atoms with Gasteiger partial charge < -0.3 is 5.32 Å². The third kappa shape index (κ3) is 4.89. The largest absolute Gasteiger partial charge is 0.355 e. The Balaban J connectivity index is 1.50. The summed E-state index contributed by atoms with van der Waals surface area (Å²) in [5.74, 6) is -0.186. The fourth-order valence-electron chi connectivity index (χ4n) is 2.69. The van der Waals surface area contributed by atoms with Gasteiger partial charge in [-0.15, -0.1) is 0 Å². The standard InChI is InChI=1S/C21H21N3O2/c25-20(22-13-7-10-17-8-3-1-4-9-17)15-24-16-23-19(14-21(24)26)18-11-5-2-6-12-18/h1-6,8-9,11-12,14,16H,7,10,13,15H2,(H,22,25). The van der Waals surface area contributed by atoms with Crippen LogP contribution in [0, 0.1) is 0 Å². The van der Waals surface area contributed by atoms with Crippen molar-refractivity contribution in [3.8, 4) is 11.3 Å².